The van der Waals surface area contributed by atoms with E-state index in [1.54, 1.807) is 6.20 Å². The second-order valence-electron chi connectivity index (χ2n) is 5.16. The predicted octanol–water partition coefficient (Wildman–Crippen LogP) is 2.85. The lowest BCUT2D eigenvalue weighted by molar-refractivity contribution is 0.0936. The lowest BCUT2D eigenvalue weighted by Gasteiger charge is -2.14. The van der Waals surface area contributed by atoms with E-state index in [0.29, 0.717) is 12.1 Å². The number of benzene rings is 2. The van der Waals surface area contributed by atoms with Crippen molar-refractivity contribution in [2.24, 2.45) is 0 Å². The third kappa shape index (κ3) is 3.11. The second-order valence-corrected chi connectivity index (χ2v) is 5.16. The minimum absolute atomic E-state index is 0.0175. The monoisotopic (exact) mass is 279 g/mol. The lowest BCUT2D eigenvalue weighted by atomic mass is 10.1. The van der Waals surface area contributed by atoms with Crippen molar-refractivity contribution in [2.75, 3.05) is 0 Å². The lowest BCUT2D eigenvalue weighted by Crippen LogP contribution is -2.35. The molecule has 0 bridgehead atoms. The summed E-state index contributed by atoms with van der Waals surface area (Å²) >= 11 is 0. The number of carbonyl (C=O) groups is 1. The minimum Gasteiger partial charge on any atom is -0.348 e. The summed E-state index contributed by atoms with van der Waals surface area (Å²) in [7, 11) is 0. The summed E-state index contributed by atoms with van der Waals surface area (Å²) in [4.78, 5) is 12.3. The fourth-order valence-electron chi connectivity index (χ4n) is 2.37. The number of aromatic nitrogens is 2. The standard InChI is InChI=1S/C17H17N3O/c1-13(12-20-10-4-9-18-20)19-17(21)16-8-7-14-5-2-3-6-15(14)11-16/h2-11,13H,12H2,1H3,(H,19,21)/t13-/m0/s1. The van der Waals surface area contributed by atoms with Crippen LogP contribution in [0.4, 0.5) is 0 Å². The number of rotatable bonds is 4. The molecule has 0 aliphatic carbocycles. The first-order chi connectivity index (χ1) is 10.2. The van der Waals surface area contributed by atoms with Gasteiger partial charge >= 0.3 is 0 Å². The molecule has 0 unspecified atom stereocenters. The molecular formula is C17H17N3O. The molecule has 3 rings (SSSR count). The molecule has 4 heteroatoms. The van der Waals surface area contributed by atoms with Crippen LogP contribution in [0.2, 0.25) is 0 Å². The Morgan fingerprint density at radius 2 is 2.00 bits per heavy atom. The van der Waals surface area contributed by atoms with Gasteiger partial charge in [-0.25, -0.2) is 0 Å². The van der Waals surface area contributed by atoms with E-state index in [0.717, 1.165) is 10.8 Å². The SMILES string of the molecule is C[C@@H](Cn1cccn1)NC(=O)c1ccc2ccccc2c1. The van der Waals surface area contributed by atoms with Gasteiger partial charge in [-0.1, -0.05) is 30.3 Å². The van der Waals surface area contributed by atoms with Gasteiger partial charge < -0.3 is 5.32 Å². The smallest absolute Gasteiger partial charge is 0.251 e. The zero-order chi connectivity index (χ0) is 14.7. The number of hydrogen-bond donors (Lipinski definition) is 1. The number of nitrogens with zero attached hydrogens (tertiary/aromatic N) is 2. The van der Waals surface area contributed by atoms with Gasteiger partial charge in [0.05, 0.1) is 6.54 Å². The van der Waals surface area contributed by atoms with Gasteiger partial charge in [0.15, 0.2) is 0 Å². The first-order valence-electron chi connectivity index (χ1n) is 6.99. The largest absolute Gasteiger partial charge is 0.348 e. The van der Waals surface area contributed by atoms with Crippen LogP contribution < -0.4 is 5.32 Å². The minimum atomic E-state index is -0.0552. The maximum atomic E-state index is 12.3. The molecule has 21 heavy (non-hydrogen) atoms. The van der Waals surface area contributed by atoms with E-state index in [9.17, 15) is 4.79 Å². The van der Waals surface area contributed by atoms with Crippen LogP contribution in [-0.4, -0.2) is 21.7 Å². The maximum Gasteiger partial charge on any atom is 0.251 e. The highest BCUT2D eigenvalue weighted by Crippen LogP contribution is 2.15. The van der Waals surface area contributed by atoms with Crippen LogP contribution in [0, 0.1) is 0 Å². The van der Waals surface area contributed by atoms with Crippen molar-refractivity contribution < 1.29 is 4.79 Å². The van der Waals surface area contributed by atoms with Gasteiger partial charge in [-0.3, -0.25) is 9.48 Å². The van der Waals surface area contributed by atoms with Crippen LogP contribution in [0.15, 0.2) is 60.9 Å². The van der Waals surface area contributed by atoms with Crippen LogP contribution in [0.1, 0.15) is 17.3 Å². The quantitative estimate of drug-likeness (QED) is 0.798. The van der Waals surface area contributed by atoms with Crippen LogP contribution >= 0.6 is 0 Å². The fraction of sp³-hybridized carbons (Fsp3) is 0.176. The first kappa shape index (κ1) is 13.4. The number of fused-ring (bicyclic) bond motifs is 1. The van der Waals surface area contributed by atoms with E-state index >= 15 is 0 Å². The molecule has 0 saturated heterocycles. The Hall–Kier alpha value is -2.62. The van der Waals surface area contributed by atoms with Crippen molar-refractivity contribution in [1.82, 2.24) is 15.1 Å². The number of carbonyl (C=O) groups excluding carboxylic acids is 1. The molecule has 0 radical (unpaired) electrons. The molecule has 3 aromatic rings. The van der Waals surface area contributed by atoms with E-state index in [2.05, 4.69) is 10.4 Å². The molecule has 106 valence electrons. The highest BCUT2D eigenvalue weighted by Gasteiger charge is 2.10. The average Bonchev–Trinajstić information content (AvgIpc) is 2.99. The summed E-state index contributed by atoms with van der Waals surface area (Å²) in [5, 5.41) is 9.35. The normalized spacial score (nSPS) is 12.2. The third-order valence-electron chi connectivity index (χ3n) is 3.41. The van der Waals surface area contributed by atoms with E-state index in [-0.39, 0.29) is 11.9 Å². The summed E-state index contributed by atoms with van der Waals surface area (Å²) in [5.74, 6) is -0.0552. The zero-order valence-electron chi connectivity index (χ0n) is 11.9. The van der Waals surface area contributed by atoms with Gasteiger partial charge in [0.2, 0.25) is 0 Å². The van der Waals surface area contributed by atoms with E-state index in [1.165, 1.54) is 0 Å². The molecule has 4 nitrogen and oxygen atoms in total. The predicted molar refractivity (Wildman–Crippen MR) is 83.1 cm³/mol. The molecule has 1 aromatic heterocycles. The van der Waals surface area contributed by atoms with Gasteiger partial charge in [0.1, 0.15) is 0 Å². The molecule has 0 spiro atoms. The Labute approximate surface area is 123 Å². The van der Waals surface area contributed by atoms with Gasteiger partial charge in [-0.2, -0.15) is 5.10 Å². The van der Waals surface area contributed by atoms with Crippen molar-refractivity contribution in [1.29, 1.82) is 0 Å². The van der Waals surface area contributed by atoms with Gasteiger partial charge in [0, 0.05) is 24.0 Å². The molecule has 1 N–H and O–H groups in total. The van der Waals surface area contributed by atoms with Crippen LogP contribution in [0.3, 0.4) is 0 Å². The summed E-state index contributed by atoms with van der Waals surface area (Å²) in [6.45, 7) is 2.63. The van der Waals surface area contributed by atoms with Crippen molar-refractivity contribution in [3.8, 4) is 0 Å². The average molecular weight is 279 g/mol. The van der Waals surface area contributed by atoms with E-state index in [4.69, 9.17) is 0 Å². The summed E-state index contributed by atoms with van der Waals surface area (Å²) in [5.41, 5.74) is 0.681. The van der Waals surface area contributed by atoms with Crippen molar-refractivity contribution in [3.05, 3.63) is 66.5 Å². The van der Waals surface area contributed by atoms with Gasteiger partial charge in [-0.05, 0) is 35.9 Å². The second kappa shape index (κ2) is 5.79. The van der Waals surface area contributed by atoms with Crippen LogP contribution in [0.5, 0.6) is 0 Å². The summed E-state index contributed by atoms with van der Waals surface area (Å²) in [6, 6.07) is 15.7. The fourth-order valence-corrected chi connectivity index (χ4v) is 2.37. The molecule has 0 aliphatic rings. The number of amides is 1. The molecule has 1 atom stereocenters. The molecular weight excluding hydrogens is 262 g/mol. The van der Waals surface area contributed by atoms with Crippen molar-refractivity contribution in [3.63, 3.8) is 0 Å². The van der Waals surface area contributed by atoms with Gasteiger partial charge in [0.25, 0.3) is 5.91 Å². The first-order valence-corrected chi connectivity index (χ1v) is 6.99. The zero-order valence-corrected chi connectivity index (χ0v) is 11.9. The Morgan fingerprint density at radius 1 is 1.19 bits per heavy atom. The maximum absolute atomic E-state index is 12.3. The van der Waals surface area contributed by atoms with Gasteiger partial charge in [-0.15, -0.1) is 0 Å². The van der Waals surface area contributed by atoms with Crippen molar-refractivity contribution in [2.45, 2.75) is 19.5 Å². The van der Waals surface area contributed by atoms with Crippen LogP contribution in [0.25, 0.3) is 10.8 Å². The number of hydrogen-bond acceptors (Lipinski definition) is 2. The molecule has 2 aromatic carbocycles. The third-order valence-corrected chi connectivity index (χ3v) is 3.41. The van der Waals surface area contributed by atoms with Crippen LogP contribution in [-0.2, 0) is 6.54 Å². The Kier molecular flexibility index (Phi) is 3.69. The van der Waals surface area contributed by atoms with E-state index < -0.39 is 0 Å². The van der Waals surface area contributed by atoms with E-state index in [1.807, 2.05) is 66.3 Å². The molecule has 1 heterocycles. The summed E-state index contributed by atoms with van der Waals surface area (Å²) < 4.78 is 1.81. The Bertz CT molecular complexity index is 750. The summed E-state index contributed by atoms with van der Waals surface area (Å²) in [6.07, 6.45) is 3.62. The molecule has 0 fully saturated rings. The highest BCUT2D eigenvalue weighted by molar-refractivity contribution is 5.98. The molecule has 0 saturated carbocycles. The highest BCUT2D eigenvalue weighted by atomic mass is 16.1. The Balaban J connectivity index is 1.71. The van der Waals surface area contributed by atoms with Crippen molar-refractivity contribution >= 4 is 16.7 Å². The Morgan fingerprint density at radius 3 is 2.76 bits per heavy atom. The molecule has 1 amide bonds. The number of nitrogens with one attached hydrogen (secondary N) is 1. The topological polar surface area (TPSA) is 46.9 Å². The molecule has 0 aliphatic heterocycles.